The minimum Gasteiger partial charge on any atom is -0.334 e. The molecule has 90 valence electrons. The van der Waals surface area contributed by atoms with E-state index in [1.807, 2.05) is 6.07 Å². The van der Waals surface area contributed by atoms with Gasteiger partial charge in [-0.3, -0.25) is 0 Å². The first-order valence-electron chi connectivity index (χ1n) is 5.19. The van der Waals surface area contributed by atoms with Crippen LogP contribution in [0.3, 0.4) is 0 Å². The highest BCUT2D eigenvalue weighted by Gasteiger charge is 2.11. The second-order valence-corrected chi connectivity index (χ2v) is 4.82. The van der Waals surface area contributed by atoms with Crippen LogP contribution < -0.4 is 5.73 Å². The van der Waals surface area contributed by atoms with Crippen LogP contribution in [0, 0.1) is 0 Å². The second kappa shape index (κ2) is 5.62. The Bertz CT molecular complexity index is 515. The Balaban J connectivity index is 2.24. The Labute approximate surface area is 112 Å². The highest BCUT2D eigenvalue weighted by atomic mass is 79.9. The summed E-state index contributed by atoms with van der Waals surface area (Å²) in [6.45, 7) is 0.620. The highest BCUT2D eigenvalue weighted by Crippen LogP contribution is 2.29. The Morgan fingerprint density at radius 2 is 2.24 bits per heavy atom. The average Bonchev–Trinajstić information content (AvgIpc) is 2.75. The second-order valence-electron chi connectivity index (χ2n) is 3.53. The normalized spacial score (nSPS) is 10.8. The molecule has 0 aliphatic rings. The van der Waals surface area contributed by atoms with Crippen LogP contribution in [0.1, 0.15) is 12.2 Å². The molecule has 1 aromatic carbocycles. The molecule has 1 aromatic heterocycles. The Morgan fingerprint density at radius 3 is 2.94 bits per heavy atom. The fourth-order valence-electron chi connectivity index (χ4n) is 1.39. The van der Waals surface area contributed by atoms with Gasteiger partial charge in [-0.2, -0.15) is 4.98 Å². The van der Waals surface area contributed by atoms with Crippen molar-refractivity contribution < 1.29 is 4.52 Å². The van der Waals surface area contributed by atoms with Crippen molar-refractivity contribution in [3.63, 3.8) is 0 Å². The number of nitrogens with zero attached hydrogens (tertiary/aromatic N) is 2. The third-order valence-corrected chi connectivity index (χ3v) is 3.13. The van der Waals surface area contributed by atoms with Gasteiger partial charge in [0, 0.05) is 15.9 Å². The molecule has 0 spiro atoms. The SMILES string of the molecule is NCCCc1noc(-c2ccc(Cl)cc2Br)n1. The number of hydrogen-bond acceptors (Lipinski definition) is 4. The number of nitrogens with two attached hydrogens (primary N) is 1. The molecule has 17 heavy (non-hydrogen) atoms. The average molecular weight is 317 g/mol. The van der Waals surface area contributed by atoms with E-state index in [9.17, 15) is 0 Å². The summed E-state index contributed by atoms with van der Waals surface area (Å²) < 4.78 is 6.03. The molecule has 0 aliphatic heterocycles. The largest absolute Gasteiger partial charge is 0.334 e. The van der Waals surface area contributed by atoms with Gasteiger partial charge in [0.1, 0.15) is 0 Å². The third kappa shape index (κ3) is 3.06. The molecule has 1 heterocycles. The molecule has 2 N–H and O–H groups in total. The molecule has 2 aromatic rings. The van der Waals surface area contributed by atoms with Gasteiger partial charge in [0.25, 0.3) is 5.89 Å². The minimum absolute atomic E-state index is 0.487. The topological polar surface area (TPSA) is 64.9 Å². The minimum atomic E-state index is 0.487. The summed E-state index contributed by atoms with van der Waals surface area (Å²) in [7, 11) is 0. The summed E-state index contributed by atoms with van der Waals surface area (Å²) in [5.41, 5.74) is 6.26. The molecule has 0 saturated heterocycles. The zero-order valence-electron chi connectivity index (χ0n) is 8.99. The van der Waals surface area contributed by atoms with Crippen molar-refractivity contribution in [1.82, 2.24) is 10.1 Å². The fourth-order valence-corrected chi connectivity index (χ4v) is 2.24. The molecular weight excluding hydrogens is 305 g/mol. The highest BCUT2D eigenvalue weighted by molar-refractivity contribution is 9.10. The Hall–Kier alpha value is -0.910. The summed E-state index contributed by atoms with van der Waals surface area (Å²) in [5.74, 6) is 1.16. The number of aromatic nitrogens is 2. The number of hydrogen-bond donors (Lipinski definition) is 1. The molecule has 0 bridgehead atoms. The number of aryl methyl sites for hydroxylation is 1. The van der Waals surface area contributed by atoms with E-state index in [0.717, 1.165) is 22.9 Å². The molecule has 0 atom stereocenters. The van der Waals surface area contributed by atoms with Gasteiger partial charge in [-0.05, 0) is 47.1 Å². The van der Waals surface area contributed by atoms with Crippen LogP contribution >= 0.6 is 27.5 Å². The predicted molar refractivity (Wildman–Crippen MR) is 69.8 cm³/mol. The van der Waals surface area contributed by atoms with Gasteiger partial charge in [-0.25, -0.2) is 0 Å². The summed E-state index contributed by atoms with van der Waals surface area (Å²) in [6, 6.07) is 5.42. The van der Waals surface area contributed by atoms with Gasteiger partial charge >= 0.3 is 0 Å². The van der Waals surface area contributed by atoms with Gasteiger partial charge in [0.05, 0.1) is 5.56 Å². The van der Waals surface area contributed by atoms with Crippen molar-refractivity contribution in [1.29, 1.82) is 0 Å². The first kappa shape index (κ1) is 12.5. The van der Waals surface area contributed by atoms with Gasteiger partial charge in [0.15, 0.2) is 5.82 Å². The standard InChI is InChI=1S/C11H11BrClN3O/c12-9-6-7(13)3-4-8(9)11-15-10(16-17-11)2-1-5-14/h3-4,6H,1-2,5,14H2. The number of rotatable bonds is 4. The van der Waals surface area contributed by atoms with E-state index in [-0.39, 0.29) is 0 Å². The maximum absolute atomic E-state index is 5.87. The molecule has 2 rings (SSSR count). The quantitative estimate of drug-likeness (QED) is 0.941. The molecule has 6 heteroatoms. The molecular formula is C11H11BrClN3O. The lowest BCUT2D eigenvalue weighted by atomic mass is 10.2. The summed E-state index contributed by atoms with van der Waals surface area (Å²) >= 11 is 9.28. The van der Waals surface area contributed by atoms with E-state index in [4.69, 9.17) is 21.9 Å². The molecule has 4 nitrogen and oxygen atoms in total. The van der Waals surface area contributed by atoms with Crippen molar-refractivity contribution in [2.45, 2.75) is 12.8 Å². The maximum Gasteiger partial charge on any atom is 0.259 e. The van der Waals surface area contributed by atoms with Crippen LogP contribution in [0.2, 0.25) is 5.02 Å². The first-order chi connectivity index (χ1) is 8.20. The van der Waals surface area contributed by atoms with Crippen LogP contribution in [0.4, 0.5) is 0 Å². The lowest BCUT2D eigenvalue weighted by Gasteiger charge is -1.98. The van der Waals surface area contributed by atoms with E-state index in [2.05, 4.69) is 26.1 Å². The van der Waals surface area contributed by atoms with Crippen molar-refractivity contribution in [2.75, 3.05) is 6.54 Å². The lowest BCUT2D eigenvalue weighted by molar-refractivity contribution is 0.421. The van der Waals surface area contributed by atoms with Gasteiger partial charge in [-0.1, -0.05) is 16.8 Å². The molecule has 0 amide bonds. The van der Waals surface area contributed by atoms with Crippen molar-refractivity contribution >= 4 is 27.5 Å². The number of benzene rings is 1. The van der Waals surface area contributed by atoms with Gasteiger partial charge < -0.3 is 10.3 Å². The van der Waals surface area contributed by atoms with Gasteiger partial charge in [-0.15, -0.1) is 0 Å². The summed E-state index contributed by atoms with van der Waals surface area (Å²) in [6.07, 6.45) is 1.58. The van der Waals surface area contributed by atoms with Crippen molar-refractivity contribution in [2.24, 2.45) is 5.73 Å². The molecule has 0 unspecified atom stereocenters. The van der Waals surface area contributed by atoms with E-state index in [1.165, 1.54) is 0 Å². The lowest BCUT2D eigenvalue weighted by Crippen LogP contribution is -2.01. The van der Waals surface area contributed by atoms with E-state index in [0.29, 0.717) is 23.3 Å². The monoisotopic (exact) mass is 315 g/mol. The van der Waals surface area contributed by atoms with E-state index < -0.39 is 0 Å². The van der Waals surface area contributed by atoms with Crippen LogP contribution in [0.5, 0.6) is 0 Å². The van der Waals surface area contributed by atoms with Crippen molar-refractivity contribution in [3.05, 3.63) is 33.5 Å². The van der Waals surface area contributed by atoms with Crippen LogP contribution in [0.25, 0.3) is 11.5 Å². The summed E-state index contributed by atoms with van der Waals surface area (Å²) in [5, 5.41) is 4.55. The molecule has 0 radical (unpaired) electrons. The van der Waals surface area contributed by atoms with Crippen LogP contribution in [-0.2, 0) is 6.42 Å². The smallest absolute Gasteiger partial charge is 0.259 e. The molecule has 0 saturated carbocycles. The van der Waals surface area contributed by atoms with Crippen molar-refractivity contribution in [3.8, 4) is 11.5 Å². The number of halogens is 2. The fraction of sp³-hybridized carbons (Fsp3) is 0.273. The third-order valence-electron chi connectivity index (χ3n) is 2.23. The zero-order valence-corrected chi connectivity index (χ0v) is 11.3. The Kier molecular flexibility index (Phi) is 4.15. The molecule has 0 aliphatic carbocycles. The maximum atomic E-state index is 5.87. The molecule has 0 fully saturated rings. The zero-order chi connectivity index (χ0) is 12.3. The Morgan fingerprint density at radius 1 is 1.41 bits per heavy atom. The van der Waals surface area contributed by atoms with Gasteiger partial charge in [0.2, 0.25) is 0 Å². The first-order valence-corrected chi connectivity index (χ1v) is 6.36. The predicted octanol–water partition coefficient (Wildman–Crippen LogP) is 3.04. The van der Waals surface area contributed by atoms with Crippen LogP contribution in [0.15, 0.2) is 27.2 Å². The van der Waals surface area contributed by atoms with E-state index in [1.54, 1.807) is 12.1 Å². The summed E-state index contributed by atoms with van der Waals surface area (Å²) in [4.78, 5) is 4.30. The van der Waals surface area contributed by atoms with E-state index >= 15 is 0 Å². The van der Waals surface area contributed by atoms with Crippen LogP contribution in [-0.4, -0.2) is 16.7 Å².